The second-order valence-corrected chi connectivity index (χ2v) is 4.85. The van der Waals surface area contributed by atoms with Gasteiger partial charge in [-0.15, -0.1) is 10.2 Å². The van der Waals surface area contributed by atoms with E-state index < -0.39 is 5.82 Å². The van der Waals surface area contributed by atoms with Crippen molar-refractivity contribution in [2.75, 3.05) is 24.6 Å². The van der Waals surface area contributed by atoms with E-state index in [9.17, 15) is 4.39 Å². The summed E-state index contributed by atoms with van der Waals surface area (Å²) in [6, 6.07) is 6.59. The fourth-order valence-electron chi connectivity index (χ4n) is 2.49. The second-order valence-electron chi connectivity index (χ2n) is 4.85. The molecule has 7 heteroatoms. The van der Waals surface area contributed by atoms with Crippen LogP contribution in [0, 0.1) is 17.1 Å². The molecule has 1 saturated heterocycles. The van der Waals surface area contributed by atoms with Gasteiger partial charge in [-0.25, -0.2) is 4.39 Å². The molecule has 2 aromatic rings. The van der Waals surface area contributed by atoms with Crippen molar-refractivity contribution in [3.8, 4) is 6.07 Å². The third-order valence-electron chi connectivity index (χ3n) is 3.54. The zero-order chi connectivity index (χ0) is 14.8. The van der Waals surface area contributed by atoms with Crippen LogP contribution in [0.4, 0.5) is 10.1 Å². The number of nitrogens with zero attached hydrogens (tertiary/aromatic N) is 5. The third kappa shape index (κ3) is 2.45. The van der Waals surface area contributed by atoms with E-state index in [1.807, 2.05) is 18.0 Å². The van der Waals surface area contributed by atoms with Crippen molar-refractivity contribution in [1.29, 1.82) is 5.26 Å². The average Bonchev–Trinajstić information content (AvgIpc) is 2.93. The molecule has 1 fully saturated rings. The van der Waals surface area contributed by atoms with Crippen LogP contribution in [0.5, 0.6) is 0 Å². The molecule has 6 nitrogen and oxygen atoms in total. The minimum Gasteiger partial charge on any atom is -0.367 e. The predicted octanol–water partition coefficient (Wildman–Crippen LogP) is 1.40. The Hall–Kier alpha value is -2.46. The highest BCUT2D eigenvalue weighted by Gasteiger charge is 2.27. The first kappa shape index (κ1) is 13.5. The summed E-state index contributed by atoms with van der Waals surface area (Å²) in [7, 11) is 1.85. The molecular formula is C14H14FN5O. The van der Waals surface area contributed by atoms with Crippen molar-refractivity contribution >= 4 is 5.69 Å². The summed E-state index contributed by atoms with van der Waals surface area (Å²) in [5.74, 6) is 0.214. The Kier molecular flexibility index (Phi) is 3.54. The van der Waals surface area contributed by atoms with Crippen LogP contribution in [0.3, 0.4) is 0 Å². The molecule has 21 heavy (non-hydrogen) atoms. The quantitative estimate of drug-likeness (QED) is 0.835. The number of hydrogen-bond donors (Lipinski definition) is 0. The number of nitriles is 1. The maximum absolute atomic E-state index is 13.7. The molecule has 0 N–H and O–H groups in total. The number of ether oxygens (including phenoxy) is 1. The lowest BCUT2D eigenvalue weighted by molar-refractivity contribution is 0.0321. The van der Waals surface area contributed by atoms with Crippen LogP contribution in [-0.2, 0) is 11.8 Å². The van der Waals surface area contributed by atoms with E-state index in [-0.39, 0.29) is 11.7 Å². The van der Waals surface area contributed by atoms with E-state index in [1.165, 1.54) is 6.07 Å². The van der Waals surface area contributed by atoms with Crippen LogP contribution >= 0.6 is 0 Å². The highest BCUT2D eigenvalue weighted by Crippen LogP contribution is 2.28. The lowest BCUT2D eigenvalue weighted by Gasteiger charge is -2.34. The highest BCUT2D eigenvalue weighted by molar-refractivity contribution is 5.60. The van der Waals surface area contributed by atoms with E-state index in [0.29, 0.717) is 25.4 Å². The molecule has 3 rings (SSSR count). The number of hydrogen-bond acceptors (Lipinski definition) is 5. The van der Waals surface area contributed by atoms with Crippen molar-refractivity contribution in [3.63, 3.8) is 0 Å². The summed E-state index contributed by atoms with van der Waals surface area (Å²) >= 11 is 0. The van der Waals surface area contributed by atoms with Crippen LogP contribution in [0.25, 0.3) is 0 Å². The molecule has 1 aliphatic heterocycles. The summed E-state index contributed by atoms with van der Waals surface area (Å²) in [6.45, 7) is 1.59. The van der Waals surface area contributed by atoms with Gasteiger partial charge in [0, 0.05) is 13.6 Å². The molecular weight excluding hydrogens is 273 g/mol. The lowest BCUT2D eigenvalue weighted by atomic mass is 10.1. The number of aryl methyl sites for hydroxylation is 1. The summed E-state index contributed by atoms with van der Waals surface area (Å²) in [5, 5.41) is 17.0. The standard InChI is InChI=1S/C14H14FN5O/c1-19-9-17-18-14(19)13-8-20(5-6-21-13)12-4-2-3-11(15)10(12)7-16/h2-4,9,13H,5-6,8H2,1H3/t13-/m0/s1. The number of morpholine rings is 1. The molecule has 0 amide bonds. The number of aromatic nitrogens is 3. The van der Waals surface area contributed by atoms with E-state index in [4.69, 9.17) is 10.00 Å². The van der Waals surface area contributed by atoms with Gasteiger partial charge in [0.2, 0.25) is 0 Å². The minimum atomic E-state index is -0.503. The van der Waals surface area contributed by atoms with Crippen molar-refractivity contribution in [3.05, 3.63) is 41.7 Å². The van der Waals surface area contributed by atoms with Gasteiger partial charge in [-0.1, -0.05) is 6.07 Å². The molecule has 0 unspecified atom stereocenters. The zero-order valence-corrected chi connectivity index (χ0v) is 11.5. The average molecular weight is 287 g/mol. The molecule has 1 aromatic carbocycles. The first-order valence-electron chi connectivity index (χ1n) is 6.59. The van der Waals surface area contributed by atoms with Gasteiger partial charge in [-0.05, 0) is 12.1 Å². The van der Waals surface area contributed by atoms with Crippen LogP contribution < -0.4 is 4.90 Å². The van der Waals surface area contributed by atoms with E-state index in [2.05, 4.69) is 10.2 Å². The number of benzene rings is 1. The molecule has 1 atom stereocenters. The molecule has 0 radical (unpaired) electrons. The zero-order valence-electron chi connectivity index (χ0n) is 11.5. The normalized spacial score (nSPS) is 18.5. The molecule has 2 heterocycles. The molecule has 0 aliphatic carbocycles. The topological polar surface area (TPSA) is 67.0 Å². The molecule has 0 bridgehead atoms. The summed E-state index contributed by atoms with van der Waals surface area (Å²) in [5.41, 5.74) is 0.657. The summed E-state index contributed by atoms with van der Waals surface area (Å²) in [6.07, 6.45) is 1.36. The fourth-order valence-corrected chi connectivity index (χ4v) is 2.49. The Morgan fingerprint density at radius 2 is 2.33 bits per heavy atom. The Morgan fingerprint density at radius 1 is 1.48 bits per heavy atom. The Morgan fingerprint density at radius 3 is 3.05 bits per heavy atom. The largest absolute Gasteiger partial charge is 0.367 e. The predicted molar refractivity (Wildman–Crippen MR) is 73.0 cm³/mol. The van der Waals surface area contributed by atoms with Crippen molar-refractivity contribution < 1.29 is 9.13 Å². The molecule has 1 aromatic heterocycles. The number of anilines is 1. The fraction of sp³-hybridized carbons (Fsp3) is 0.357. The van der Waals surface area contributed by atoms with Crippen molar-refractivity contribution in [2.45, 2.75) is 6.10 Å². The van der Waals surface area contributed by atoms with Crippen molar-refractivity contribution in [2.24, 2.45) is 7.05 Å². The highest BCUT2D eigenvalue weighted by atomic mass is 19.1. The SMILES string of the molecule is Cn1cnnc1[C@@H]1CN(c2cccc(F)c2C#N)CCO1. The molecule has 108 valence electrons. The first-order valence-corrected chi connectivity index (χ1v) is 6.59. The van der Waals surface area contributed by atoms with E-state index in [0.717, 1.165) is 5.82 Å². The first-order chi connectivity index (χ1) is 10.2. The summed E-state index contributed by atoms with van der Waals surface area (Å²) in [4.78, 5) is 1.95. The summed E-state index contributed by atoms with van der Waals surface area (Å²) < 4.78 is 21.2. The van der Waals surface area contributed by atoms with Gasteiger partial charge in [-0.2, -0.15) is 5.26 Å². The van der Waals surface area contributed by atoms with Crippen LogP contribution in [0.15, 0.2) is 24.5 Å². The van der Waals surface area contributed by atoms with Gasteiger partial charge in [0.1, 0.15) is 29.9 Å². The lowest BCUT2D eigenvalue weighted by Crippen LogP contribution is -2.39. The van der Waals surface area contributed by atoms with Gasteiger partial charge in [0.25, 0.3) is 0 Å². The maximum atomic E-state index is 13.7. The van der Waals surface area contributed by atoms with E-state index in [1.54, 1.807) is 23.0 Å². The van der Waals surface area contributed by atoms with Gasteiger partial charge >= 0.3 is 0 Å². The number of halogens is 1. The maximum Gasteiger partial charge on any atom is 0.163 e. The Bertz CT molecular complexity index is 693. The molecule has 0 saturated carbocycles. The third-order valence-corrected chi connectivity index (χ3v) is 3.54. The van der Waals surface area contributed by atoms with Gasteiger partial charge in [-0.3, -0.25) is 0 Å². The van der Waals surface area contributed by atoms with E-state index >= 15 is 0 Å². The monoisotopic (exact) mass is 287 g/mol. The van der Waals surface area contributed by atoms with Crippen LogP contribution in [-0.4, -0.2) is 34.5 Å². The van der Waals surface area contributed by atoms with Crippen molar-refractivity contribution in [1.82, 2.24) is 14.8 Å². The second kappa shape index (κ2) is 5.50. The Balaban J connectivity index is 1.89. The van der Waals surface area contributed by atoms with Crippen LogP contribution in [0.2, 0.25) is 0 Å². The molecule has 1 aliphatic rings. The van der Waals surface area contributed by atoms with Crippen LogP contribution in [0.1, 0.15) is 17.5 Å². The van der Waals surface area contributed by atoms with Gasteiger partial charge in [0.15, 0.2) is 5.82 Å². The smallest absolute Gasteiger partial charge is 0.163 e. The minimum absolute atomic E-state index is 0.0658. The van der Waals surface area contributed by atoms with Gasteiger partial charge in [0.05, 0.1) is 18.8 Å². The molecule has 0 spiro atoms. The Labute approximate surface area is 121 Å². The van der Waals surface area contributed by atoms with Gasteiger partial charge < -0.3 is 14.2 Å². The number of rotatable bonds is 2.